The first-order valence-electron chi connectivity index (χ1n) is 9.58. The Labute approximate surface area is 191 Å². The summed E-state index contributed by atoms with van der Waals surface area (Å²) in [7, 11) is 0. The SMILES string of the molecule is CC1(C)OC(=O)[C@H](C(CC(=O)Oc2c(F)c(F)c(F)c(F)c2F)c2ccc(OC(F)(F)F)cc2)O1. The number of alkyl halides is 3. The van der Waals surface area contributed by atoms with Gasteiger partial charge in [0.1, 0.15) is 5.75 Å². The summed E-state index contributed by atoms with van der Waals surface area (Å²) in [6, 6.07) is 3.80. The molecule has 2 aromatic rings. The van der Waals surface area contributed by atoms with E-state index in [0.717, 1.165) is 24.3 Å². The highest BCUT2D eigenvalue weighted by Crippen LogP contribution is 2.37. The lowest BCUT2D eigenvalue weighted by Crippen LogP contribution is -2.30. The molecule has 1 unspecified atom stereocenters. The number of ether oxygens (including phenoxy) is 4. The highest BCUT2D eigenvalue weighted by atomic mass is 19.4. The molecule has 14 heteroatoms. The Kier molecular flexibility index (Phi) is 6.97. The first-order chi connectivity index (χ1) is 16.1. The molecule has 6 nitrogen and oxygen atoms in total. The summed E-state index contributed by atoms with van der Waals surface area (Å²) < 4.78 is 123. The number of benzene rings is 2. The van der Waals surface area contributed by atoms with Crippen LogP contribution in [0.1, 0.15) is 31.7 Å². The van der Waals surface area contributed by atoms with E-state index in [2.05, 4.69) is 9.47 Å². The molecule has 0 spiro atoms. The lowest BCUT2D eigenvalue weighted by molar-refractivity contribution is -0.274. The third kappa shape index (κ3) is 5.81. The minimum atomic E-state index is -5.00. The zero-order valence-electron chi connectivity index (χ0n) is 17.6. The molecule has 1 heterocycles. The van der Waals surface area contributed by atoms with Gasteiger partial charge in [-0.1, -0.05) is 12.1 Å². The molecule has 0 amide bonds. The Bertz CT molecular complexity index is 1120. The van der Waals surface area contributed by atoms with Gasteiger partial charge in [0.2, 0.25) is 40.6 Å². The van der Waals surface area contributed by atoms with E-state index in [9.17, 15) is 44.7 Å². The summed E-state index contributed by atoms with van der Waals surface area (Å²) in [5.41, 5.74) is 0.00790. The lowest BCUT2D eigenvalue weighted by atomic mass is 9.90. The van der Waals surface area contributed by atoms with Crippen LogP contribution in [0.3, 0.4) is 0 Å². The van der Waals surface area contributed by atoms with Gasteiger partial charge >= 0.3 is 18.3 Å². The van der Waals surface area contributed by atoms with Crippen LogP contribution in [-0.4, -0.2) is 30.2 Å². The smallest absolute Gasteiger partial charge is 0.432 e. The van der Waals surface area contributed by atoms with Gasteiger partial charge in [-0.05, 0) is 17.7 Å². The Morgan fingerprint density at radius 2 is 1.49 bits per heavy atom. The van der Waals surface area contributed by atoms with Crippen molar-refractivity contribution in [2.75, 3.05) is 0 Å². The summed E-state index contributed by atoms with van der Waals surface area (Å²) in [4.78, 5) is 24.7. The van der Waals surface area contributed by atoms with Gasteiger partial charge in [-0.2, -0.15) is 8.78 Å². The van der Waals surface area contributed by atoms with Crippen molar-refractivity contribution in [1.82, 2.24) is 0 Å². The standard InChI is InChI=1S/C21H14F8O6/c1-20(2)34-17(19(31)35-20)10(8-3-5-9(6-4-8)33-21(27,28)29)7-11(30)32-18-15(25)13(23)12(22)14(24)16(18)26/h3-6,10,17H,7H2,1-2H3/t10?,17-/m0/s1. The van der Waals surface area contributed by atoms with Gasteiger partial charge in [-0.15, -0.1) is 13.2 Å². The van der Waals surface area contributed by atoms with Crippen LogP contribution in [-0.2, 0) is 19.1 Å². The molecular weight excluding hydrogens is 500 g/mol. The number of carbonyl (C=O) groups excluding carboxylic acids is 2. The van der Waals surface area contributed by atoms with Crippen molar-refractivity contribution >= 4 is 11.9 Å². The lowest BCUT2D eigenvalue weighted by Gasteiger charge is -2.22. The quantitative estimate of drug-likeness (QED) is 0.177. The average Bonchev–Trinajstić information content (AvgIpc) is 3.03. The molecule has 0 radical (unpaired) electrons. The zero-order valence-corrected chi connectivity index (χ0v) is 17.6. The molecule has 0 saturated carbocycles. The van der Waals surface area contributed by atoms with Crippen molar-refractivity contribution in [3.8, 4) is 11.5 Å². The van der Waals surface area contributed by atoms with Gasteiger partial charge in [0.05, 0.1) is 6.42 Å². The molecule has 190 valence electrons. The maximum Gasteiger partial charge on any atom is 0.573 e. The van der Waals surface area contributed by atoms with Crippen molar-refractivity contribution < 1.29 is 63.7 Å². The van der Waals surface area contributed by atoms with Crippen molar-refractivity contribution in [3.05, 3.63) is 58.9 Å². The number of halogens is 8. The second kappa shape index (κ2) is 9.32. The van der Waals surface area contributed by atoms with Crippen LogP contribution in [0.5, 0.6) is 11.5 Å². The summed E-state index contributed by atoms with van der Waals surface area (Å²) >= 11 is 0. The Hall–Kier alpha value is -3.42. The van der Waals surface area contributed by atoms with Crippen molar-refractivity contribution in [3.63, 3.8) is 0 Å². The predicted octanol–water partition coefficient (Wildman–Crippen LogP) is 5.04. The van der Waals surface area contributed by atoms with E-state index in [1.807, 2.05) is 0 Å². The minimum absolute atomic E-state index is 0.00790. The summed E-state index contributed by atoms with van der Waals surface area (Å²) in [5, 5.41) is 0. The minimum Gasteiger partial charge on any atom is -0.432 e. The van der Waals surface area contributed by atoms with Crippen molar-refractivity contribution in [2.45, 2.75) is 44.4 Å². The fourth-order valence-electron chi connectivity index (χ4n) is 3.25. The van der Waals surface area contributed by atoms with E-state index < -0.39 is 83.1 Å². The molecule has 1 aliphatic rings. The number of hydrogen-bond acceptors (Lipinski definition) is 6. The van der Waals surface area contributed by atoms with Crippen LogP contribution >= 0.6 is 0 Å². The molecule has 1 saturated heterocycles. The van der Waals surface area contributed by atoms with Gasteiger partial charge in [-0.25, -0.2) is 18.0 Å². The third-order valence-corrected chi connectivity index (χ3v) is 4.67. The predicted molar refractivity (Wildman–Crippen MR) is 97.4 cm³/mol. The van der Waals surface area contributed by atoms with E-state index in [4.69, 9.17) is 9.47 Å². The van der Waals surface area contributed by atoms with E-state index in [0.29, 0.717) is 0 Å². The fourth-order valence-corrected chi connectivity index (χ4v) is 3.25. The van der Waals surface area contributed by atoms with Crippen LogP contribution < -0.4 is 9.47 Å². The van der Waals surface area contributed by atoms with Crippen molar-refractivity contribution in [2.24, 2.45) is 0 Å². The number of carbonyl (C=O) groups is 2. The van der Waals surface area contributed by atoms with Crippen LogP contribution in [0, 0.1) is 29.1 Å². The van der Waals surface area contributed by atoms with Gasteiger partial charge in [0.15, 0.2) is 6.10 Å². The molecule has 2 atom stereocenters. The summed E-state index contributed by atoms with van der Waals surface area (Å²) in [6.45, 7) is 2.69. The molecule has 3 rings (SSSR count). The van der Waals surface area contributed by atoms with Crippen LogP contribution in [0.25, 0.3) is 0 Å². The maximum atomic E-state index is 13.9. The average molecular weight is 514 g/mol. The largest absolute Gasteiger partial charge is 0.573 e. The monoisotopic (exact) mass is 514 g/mol. The molecular formula is C21H14F8O6. The third-order valence-electron chi connectivity index (χ3n) is 4.67. The molecule has 1 aliphatic heterocycles. The van der Waals surface area contributed by atoms with E-state index in [-0.39, 0.29) is 5.56 Å². The van der Waals surface area contributed by atoms with E-state index >= 15 is 0 Å². The number of esters is 2. The number of cyclic esters (lactones) is 1. The Morgan fingerprint density at radius 1 is 0.971 bits per heavy atom. The van der Waals surface area contributed by atoms with Gasteiger partial charge in [-0.3, -0.25) is 4.79 Å². The highest BCUT2D eigenvalue weighted by Gasteiger charge is 2.46. The van der Waals surface area contributed by atoms with E-state index in [1.165, 1.54) is 13.8 Å². The maximum absolute atomic E-state index is 13.9. The van der Waals surface area contributed by atoms with Gasteiger partial charge < -0.3 is 18.9 Å². The first-order valence-corrected chi connectivity index (χ1v) is 9.58. The molecule has 35 heavy (non-hydrogen) atoms. The van der Waals surface area contributed by atoms with Crippen LogP contribution in [0.2, 0.25) is 0 Å². The second-order valence-corrected chi connectivity index (χ2v) is 7.66. The molecule has 0 bridgehead atoms. The van der Waals surface area contributed by atoms with Crippen LogP contribution in [0.4, 0.5) is 35.1 Å². The normalized spacial score (nSPS) is 18.2. The number of hydrogen-bond donors (Lipinski definition) is 0. The molecule has 0 N–H and O–H groups in total. The molecule has 1 fully saturated rings. The summed E-state index contributed by atoms with van der Waals surface area (Å²) in [6.07, 6.45) is -7.47. The Balaban J connectivity index is 1.91. The fraction of sp³-hybridized carbons (Fsp3) is 0.333. The zero-order chi connectivity index (χ0) is 26.3. The summed E-state index contributed by atoms with van der Waals surface area (Å²) in [5.74, 6) is -19.9. The molecule has 0 aliphatic carbocycles. The van der Waals surface area contributed by atoms with Crippen LogP contribution in [0.15, 0.2) is 24.3 Å². The molecule has 2 aromatic carbocycles. The van der Waals surface area contributed by atoms with Gasteiger partial charge in [0, 0.05) is 19.8 Å². The molecule has 0 aromatic heterocycles. The highest BCUT2D eigenvalue weighted by molar-refractivity contribution is 5.81. The van der Waals surface area contributed by atoms with E-state index in [1.54, 1.807) is 0 Å². The second-order valence-electron chi connectivity index (χ2n) is 7.66. The van der Waals surface area contributed by atoms with Gasteiger partial charge in [0.25, 0.3) is 0 Å². The Morgan fingerprint density at radius 3 is 1.94 bits per heavy atom. The number of rotatable bonds is 6. The topological polar surface area (TPSA) is 71.1 Å². The van der Waals surface area contributed by atoms with Crippen molar-refractivity contribution in [1.29, 1.82) is 0 Å². The first kappa shape index (κ1) is 26.2.